The average Bonchev–Trinajstić information content (AvgIpc) is 2.49. The summed E-state index contributed by atoms with van der Waals surface area (Å²) in [5.41, 5.74) is 3.76. The van der Waals surface area contributed by atoms with Gasteiger partial charge in [-0.05, 0) is 68.1 Å². The maximum absolute atomic E-state index is 12.4. The quantitative estimate of drug-likeness (QED) is 0.882. The standard InChI is InChI=1S/C20H28N2O/c1-13-4-3-5-18(14(13)2)22-19(23)12-21-20-9-15-6-16(10-20)8-17(7-15)11-20/h3-5,15-17,21H,6-12H2,1-2H3,(H,22,23)/p+1. The van der Waals surface area contributed by atoms with Crippen molar-refractivity contribution in [2.75, 3.05) is 11.9 Å². The van der Waals surface area contributed by atoms with Gasteiger partial charge in [-0.25, -0.2) is 0 Å². The molecule has 0 spiro atoms. The van der Waals surface area contributed by atoms with E-state index in [1.54, 1.807) is 0 Å². The van der Waals surface area contributed by atoms with Gasteiger partial charge in [-0.2, -0.15) is 0 Å². The zero-order valence-corrected chi connectivity index (χ0v) is 14.4. The van der Waals surface area contributed by atoms with Gasteiger partial charge in [-0.15, -0.1) is 0 Å². The maximum Gasteiger partial charge on any atom is 0.279 e. The lowest BCUT2D eigenvalue weighted by atomic mass is 9.53. The highest BCUT2D eigenvalue weighted by molar-refractivity contribution is 5.92. The number of carbonyl (C=O) groups is 1. The molecule has 4 saturated carbocycles. The van der Waals surface area contributed by atoms with Gasteiger partial charge in [0.1, 0.15) is 0 Å². The molecule has 4 fully saturated rings. The molecule has 0 heterocycles. The second kappa shape index (κ2) is 5.62. The van der Waals surface area contributed by atoms with E-state index < -0.39 is 0 Å². The van der Waals surface area contributed by atoms with Gasteiger partial charge in [0.25, 0.3) is 5.91 Å². The first-order valence-electron chi connectivity index (χ1n) is 9.23. The first kappa shape index (κ1) is 15.2. The third-order valence-corrected chi connectivity index (χ3v) is 6.68. The molecule has 4 aliphatic carbocycles. The molecule has 1 amide bonds. The Balaban J connectivity index is 1.37. The number of aryl methyl sites for hydroxylation is 1. The molecule has 23 heavy (non-hydrogen) atoms. The van der Waals surface area contributed by atoms with Crippen molar-refractivity contribution in [3.8, 4) is 0 Å². The van der Waals surface area contributed by atoms with Crippen LogP contribution in [0.5, 0.6) is 0 Å². The summed E-state index contributed by atoms with van der Waals surface area (Å²) in [5, 5.41) is 5.50. The number of carbonyl (C=O) groups excluding carboxylic acids is 1. The highest BCUT2D eigenvalue weighted by Crippen LogP contribution is 2.54. The van der Waals surface area contributed by atoms with Crippen molar-refractivity contribution in [2.45, 2.75) is 57.9 Å². The molecule has 0 atom stereocenters. The Bertz CT molecular complexity index is 587. The molecule has 3 nitrogen and oxygen atoms in total. The van der Waals surface area contributed by atoms with Gasteiger partial charge in [0.15, 0.2) is 6.54 Å². The molecule has 3 heteroatoms. The summed E-state index contributed by atoms with van der Waals surface area (Å²) in [6, 6.07) is 6.11. The first-order valence-corrected chi connectivity index (χ1v) is 9.23. The number of hydrogen-bond donors (Lipinski definition) is 2. The van der Waals surface area contributed by atoms with Gasteiger partial charge in [0.05, 0.1) is 5.54 Å². The summed E-state index contributed by atoms with van der Waals surface area (Å²) in [6.45, 7) is 4.74. The second-order valence-corrected chi connectivity index (χ2v) is 8.48. The summed E-state index contributed by atoms with van der Waals surface area (Å²) >= 11 is 0. The molecule has 5 rings (SSSR count). The van der Waals surface area contributed by atoms with Crippen molar-refractivity contribution >= 4 is 11.6 Å². The molecular weight excluding hydrogens is 284 g/mol. The van der Waals surface area contributed by atoms with Crippen LogP contribution in [-0.4, -0.2) is 18.0 Å². The molecule has 0 aliphatic heterocycles. The molecule has 0 radical (unpaired) electrons. The van der Waals surface area contributed by atoms with Crippen LogP contribution in [-0.2, 0) is 4.79 Å². The number of nitrogens with two attached hydrogens (primary N) is 1. The minimum Gasteiger partial charge on any atom is -0.334 e. The van der Waals surface area contributed by atoms with Crippen LogP contribution in [0.2, 0.25) is 0 Å². The SMILES string of the molecule is Cc1cccc(NC(=O)C[NH2+]C23CC4CC(CC(C4)C2)C3)c1C. The summed E-state index contributed by atoms with van der Waals surface area (Å²) < 4.78 is 0. The Morgan fingerprint density at radius 1 is 1.13 bits per heavy atom. The van der Waals surface area contributed by atoms with Gasteiger partial charge < -0.3 is 10.6 Å². The maximum atomic E-state index is 12.4. The molecule has 0 unspecified atom stereocenters. The number of anilines is 1. The molecule has 3 N–H and O–H groups in total. The third kappa shape index (κ3) is 2.91. The summed E-state index contributed by atoms with van der Waals surface area (Å²) in [5.74, 6) is 2.98. The molecular formula is C20H29N2O+. The summed E-state index contributed by atoms with van der Waals surface area (Å²) in [6.07, 6.45) is 8.41. The fourth-order valence-corrected chi connectivity index (χ4v) is 5.82. The van der Waals surface area contributed by atoms with E-state index in [4.69, 9.17) is 0 Å². The largest absolute Gasteiger partial charge is 0.334 e. The number of amides is 1. The number of rotatable bonds is 4. The minimum absolute atomic E-state index is 0.148. The fraction of sp³-hybridized carbons (Fsp3) is 0.650. The lowest BCUT2D eigenvalue weighted by molar-refractivity contribution is -0.729. The van der Waals surface area contributed by atoms with Crippen LogP contribution >= 0.6 is 0 Å². The zero-order chi connectivity index (χ0) is 16.0. The van der Waals surface area contributed by atoms with E-state index in [-0.39, 0.29) is 5.91 Å². The van der Waals surface area contributed by atoms with E-state index >= 15 is 0 Å². The van der Waals surface area contributed by atoms with Gasteiger partial charge in [0.2, 0.25) is 0 Å². The number of hydrogen-bond acceptors (Lipinski definition) is 1. The Hall–Kier alpha value is -1.35. The van der Waals surface area contributed by atoms with Crippen LogP contribution in [0.4, 0.5) is 5.69 Å². The molecule has 1 aromatic rings. The van der Waals surface area contributed by atoms with Crippen molar-refractivity contribution in [3.05, 3.63) is 29.3 Å². The van der Waals surface area contributed by atoms with Gasteiger partial charge in [-0.3, -0.25) is 4.79 Å². The Labute approximate surface area is 139 Å². The lowest BCUT2D eigenvalue weighted by Crippen LogP contribution is -3.00. The molecule has 0 aromatic heterocycles. The normalized spacial score (nSPS) is 34.6. The van der Waals surface area contributed by atoms with Crippen LogP contribution in [0.15, 0.2) is 18.2 Å². The number of nitrogens with one attached hydrogen (secondary N) is 1. The van der Waals surface area contributed by atoms with Gasteiger partial charge in [0, 0.05) is 24.9 Å². The molecule has 0 saturated heterocycles. The van der Waals surface area contributed by atoms with Crippen molar-refractivity contribution in [1.29, 1.82) is 0 Å². The smallest absolute Gasteiger partial charge is 0.279 e. The van der Waals surface area contributed by atoms with Crippen LogP contribution in [0, 0.1) is 31.6 Å². The summed E-state index contributed by atoms with van der Waals surface area (Å²) in [4.78, 5) is 12.4. The predicted molar refractivity (Wildman–Crippen MR) is 92.2 cm³/mol. The third-order valence-electron chi connectivity index (χ3n) is 6.68. The predicted octanol–water partition coefficient (Wildman–Crippen LogP) is 2.77. The molecule has 1 aromatic carbocycles. The van der Waals surface area contributed by atoms with E-state index in [1.807, 2.05) is 12.1 Å². The first-order chi connectivity index (χ1) is 11.0. The van der Waals surface area contributed by atoms with Crippen LogP contribution in [0.1, 0.15) is 49.7 Å². The molecule has 4 aliphatic rings. The van der Waals surface area contributed by atoms with Crippen molar-refractivity contribution in [1.82, 2.24) is 0 Å². The average molecular weight is 313 g/mol. The second-order valence-electron chi connectivity index (χ2n) is 8.48. The van der Waals surface area contributed by atoms with Crippen LogP contribution in [0.25, 0.3) is 0 Å². The topological polar surface area (TPSA) is 45.7 Å². The summed E-state index contributed by atoms with van der Waals surface area (Å²) in [7, 11) is 0. The number of benzene rings is 1. The Morgan fingerprint density at radius 3 is 2.35 bits per heavy atom. The van der Waals surface area contributed by atoms with Crippen LogP contribution in [0.3, 0.4) is 0 Å². The number of quaternary nitrogens is 1. The van der Waals surface area contributed by atoms with E-state index in [9.17, 15) is 4.79 Å². The van der Waals surface area contributed by atoms with Gasteiger partial charge >= 0.3 is 0 Å². The molecule has 4 bridgehead atoms. The van der Waals surface area contributed by atoms with Crippen molar-refractivity contribution in [3.63, 3.8) is 0 Å². The fourth-order valence-electron chi connectivity index (χ4n) is 5.82. The van der Waals surface area contributed by atoms with Gasteiger partial charge in [-0.1, -0.05) is 12.1 Å². The monoisotopic (exact) mass is 313 g/mol. The van der Waals surface area contributed by atoms with Crippen molar-refractivity contribution < 1.29 is 10.1 Å². The van der Waals surface area contributed by atoms with E-state index in [1.165, 1.54) is 49.7 Å². The Morgan fingerprint density at radius 2 is 1.74 bits per heavy atom. The minimum atomic E-state index is 0.148. The van der Waals surface area contributed by atoms with Crippen molar-refractivity contribution in [2.24, 2.45) is 17.8 Å². The highest BCUT2D eigenvalue weighted by Gasteiger charge is 2.53. The lowest BCUT2D eigenvalue weighted by Gasteiger charge is -2.54. The zero-order valence-electron chi connectivity index (χ0n) is 14.4. The van der Waals surface area contributed by atoms with E-state index in [0.29, 0.717) is 12.1 Å². The van der Waals surface area contributed by atoms with E-state index in [0.717, 1.165) is 23.4 Å². The molecule has 124 valence electrons. The highest BCUT2D eigenvalue weighted by atomic mass is 16.1. The van der Waals surface area contributed by atoms with E-state index in [2.05, 4.69) is 30.5 Å². The Kier molecular flexibility index (Phi) is 3.72. The van der Waals surface area contributed by atoms with Crippen LogP contribution < -0.4 is 10.6 Å².